The van der Waals surface area contributed by atoms with E-state index in [0.29, 0.717) is 5.69 Å². The molecule has 1 amide bonds. The molecule has 0 aliphatic rings. The summed E-state index contributed by atoms with van der Waals surface area (Å²) in [4.78, 5) is 23.0. The predicted molar refractivity (Wildman–Crippen MR) is 95.3 cm³/mol. The molecule has 0 fully saturated rings. The number of nitrogens with one attached hydrogen (secondary N) is 2. The third-order valence-electron chi connectivity index (χ3n) is 3.36. The monoisotopic (exact) mass is 335 g/mol. The minimum atomic E-state index is -1.05. The van der Waals surface area contributed by atoms with Gasteiger partial charge in [-0.15, -0.1) is 0 Å². The lowest BCUT2D eigenvalue weighted by atomic mass is 10.1. The molecule has 0 aromatic heterocycles. The zero-order valence-corrected chi connectivity index (χ0v) is 13.8. The van der Waals surface area contributed by atoms with Gasteiger partial charge in [0.15, 0.2) is 0 Å². The molecule has 0 spiro atoms. The van der Waals surface area contributed by atoms with Gasteiger partial charge in [0.25, 0.3) is 5.91 Å². The number of hydrogen-bond acceptors (Lipinski definition) is 4. The minimum absolute atomic E-state index is 0.0959. The van der Waals surface area contributed by atoms with Gasteiger partial charge in [-0.2, -0.15) is 5.26 Å². The van der Waals surface area contributed by atoms with Crippen molar-refractivity contribution in [3.63, 3.8) is 0 Å². The highest BCUT2D eigenvalue weighted by molar-refractivity contribution is 6.06. The van der Waals surface area contributed by atoms with E-state index < -0.39 is 11.9 Å². The van der Waals surface area contributed by atoms with Crippen molar-refractivity contribution in [3.8, 4) is 6.07 Å². The number of carbonyl (C=O) groups excluding carboxylic acids is 1. The quantitative estimate of drug-likeness (QED) is 0.573. The molecule has 0 unspecified atom stereocenters. The number of aromatic carboxylic acids is 1. The summed E-state index contributed by atoms with van der Waals surface area (Å²) in [5, 5.41) is 23.5. The second kappa shape index (κ2) is 7.79. The van der Waals surface area contributed by atoms with Gasteiger partial charge in [-0.05, 0) is 61.4 Å². The van der Waals surface area contributed by atoms with Crippen LogP contribution in [0.2, 0.25) is 0 Å². The maximum absolute atomic E-state index is 12.2. The first-order chi connectivity index (χ1) is 11.9. The number of benzene rings is 2. The molecule has 2 aromatic carbocycles. The Labute approximate surface area is 145 Å². The highest BCUT2D eigenvalue weighted by Gasteiger charge is 2.10. The number of nitrogens with zero attached hydrogens (tertiary/aromatic N) is 1. The van der Waals surface area contributed by atoms with Crippen LogP contribution < -0.4 is 10.6 Å². The fourth-order valence-corrected chi connectivity index (χ4v) is 2.26. The van der Waals surface area contributed by atoms with E-state index in [1.165, 1.54) is 30.5 Å². The van der Waals surface area contributed by atoms with Crippen LogP contribution in [0.4, 0.5) is 11.4 Å². The van der Waals surface area contributed by atoms with Crippen LogP contribution in [-0.4, -0.2) is 17.0 Å². The molecule has 2 rings (SSSR count). The van der Waals surface area contributed by atoms with E-state index in [0.717, 1.165) is 16.8 Å². The van der Waals surface area contributed by atoms with Crippen LogP contribution in [0, 0.1) is 25.2 Å². The molecule has 0 aliphatic carbocycles. The van der Waals surface area contributed by atoms with Gasteiger partial charge < -0.3 is 15.7 Å². The van der Waals surface area contributed by atoms with Gasteiger partial charge in [0, 0.05) is 17.6 Å². The molecule has 25 heavy (non-hydrogen) atoms. The zero-order chi connectivity index (χ0) is 18.4. The number of rotatable bonds is 5. The van der Waals surface area contributed by atoms with E-state index in [1.54, 1.807) is 0 Å². The summed E-state index contributed by atoms with van der Waals surface area (Å²) in [6, 6.07) is 13.4. The first-order valence-electron chi connectivity index (χ1n) is 7.49. The fourth-order valence-electron chi connectivity index (χ4n) is 2.26. The minimum Gasteiger partial charge on any atom is -0.478 e. The largest absolute Gasteiger partial charge is 0.478 e. The molecule has 0 heterocycles. The van der Waals surface area contributed by atoms with Crippen LogP contribution in [0.25, 0.3) is 0 Å². The van der Waals surface area contributed by atoms with Crippen molar-refractivity contribution in [3.05, 3.63) is 70.9 Å². The van der Waals surface area contributed by atoms with Crippen LogP contribution in [0.5, 0.6) is 0 Å². The molecule has 6 nitrogen and oxygen atoms in total. The van der Waals surface area contributed by atoms with Crippen molar-refractivity contribution in [2.75, 3.05) is 10.6 Å². The molecule has 0 saturated carbocycles. The lowest BCUT2D eigenvalue weighted by molar-refractivity contribution is -0.112. The SMILES string of the molecule is Cc1cc(C)cc(N/C=C(/C#N)C(=O)Nc2ccc(C(=O)O)cc2)c1. The van der Waals surface area contributed by atoms with Gasteiger partial charge in [-0.3, -0.25) is 4.79 Å². The molecule has 126 valence electrons. The van der Waals surface area contributed by atoms with E-state index in [9.17, 15) is 14.9 Å². The molecular formula is C19H17N3O3. The van der Waals surface area contributed by atoms with E-state index in [1.807, 2.05) is 38.1 Å². The van der Waals surface area contributed by atoms with Crippen LogP contribution in [-0.2, 0) is 4.79 Å². The number of amides is 1. The lowest BCUT2D eigenvalue weighted by Gasteiger charge is -2.07. The van der Waals surface area contributed by atoms with Gasteiger partial charge in [-0.1, -0.05) is 6.07 Å². The lowest BCUT2D eigenvalue weighted by Crippen LogP contribution is -2.14. The molecule has 0 saturated heterocycles. The topological polar surface area (TPSA) is 102 Å². The Bertz CT molecular complexity index is 858. The van der Waals surface area contributed by atoms with Crippen LogP contribution >= 0.6 is 0 Å². The summed E-state index contributed by atoms with van der Waals surface area (Å²) < 4.78 is 0. The van der Waals surface area contributed by atoms with Crippen molar-refractivity contribution in [1.82, 2.24) is 0 Å². The number of carboxylic acids is 1. The van der Waals surface area contributed by atoms with Crippen LogP contribution in [0.15, 0.2) is 54.2 Å². The Morgan fingerprint density at radius 3 is 2.16 bits per heavy atom. The van der Waals surface area contributed by atoms with Gasteiger partial charge in [0.1, 0.15) is 11.6 Å². The molecule has 0 radical (unpaired) electrons. The normalized spacial score (nSPS) is 10.7. The Kier molecular flexibility index (Phi) is 5.54. The number of aryl methyl sites for hydroxylation is 2. The van der Waals surface area contributed by atoms with Gasteiger partial charge in [-0.25, -0.2) is 4.79 Å². The third-order valence-corrected chi connectivity index (χ3v) is 3.36. The first kappa shape index (κ1) is 17.8. The molecule has 3 N–H and O–H groups in total. The van der Waals surface area contributed by atoms with Crippen LogP contribution in [0.3, 0.4) is 0 Å². The summed E-state index contributed by atoms with van der Waals surface area (Å²) in [6.07, 6.45) is 1.34. The van der Waals surface area contributed by atoms with Crippen LogP contribution in [0.1, 0.15) is 21.5 Å². The average molecular weight is 335 g/mol. The number of hydrogen-bond donors (Lipinski definition) is 3. The second-order valence-electron chi connectivity index (χ2n) is 5.53. The Hall–Kier alpha value is -3.59. The smallest absolute Gasteiger partial charge is 0.335 e. The third kappa shape index (κ3) is 4.94. The van der Waals surface area contributed by atoms with Gasteiger partial charge in [0.05, 0.1) is 5.56 Å². The van der Waals surface area contributed by atoms with Crippen molar-refractivity contribution < 1.29 is 14.7 Å². The highest BCUT2D eigenvalue weighted by Crippen LogP contribution is 2.15. The maximum atomic E-state index is 12.2. The summed E-state index contributed by atoms with van der Waals surface area (Å²) in [5.74, 6) is -1.63. The number of anilines is 2. The predicted octanol–water partition coefficient (Wildman–Crippen LogP) is 3.46. The summed E-state index contributed by atoms with van der Waals surface area (Å²) in [6.45, 7) is 3.92. The fraction of sp³-hybridized carbons (Fsp3) is 0.105. The number of nitriles is 1. The standard InChI is InChI=1S/C19H17N3O3/c1-12-7-13(2)9-17(8-12)21-11-15(10-20)18(23)22-16-5-3-14(4-6-16)19(24)25/h3-9,11,21H,1-2H3,(H,22,23)(H,24,25)/b15-11-. The van der Waals surface area contributed by atoms with Crippen molar-refractivity contribution >= 4 is 23.3 Å². The molecule has 2 aromatic rings. The van der Waals surface area contributed by atoms with Gasteiger partial charge >= 0.3 is 5.97 Å². The Morgan fingerprint density at radius 2 is 1.64 bits per heavy atom. The van der Waals surface area contributed by atoms with Crippen molar-refractivity contribution in [2.45, 2.75) is 13.8 Å². The molecular weight excluding hydrogens is 318 g/mol. The zero-order valence-electron chi connectivity index (χ0n) is 13.8. The number of carboxylic acid groups (broad SMARTS) is 1. The van der Waals surface area contributed by atoms with E-state index in [2.05, 4.69) is 10.6 Å². The summed E-state index contributed by atoms with van der Waals surface area (Å²) in [7, 11) is 0. The number of carbonyl (C=O) groups is 2. The average Bonchev–Trinajstić information content (AvgIpc) is 2.55. The van der Waals surface area contributed by atoms with Gasteiger partial charge in [0.2, 0.25) is 0 Å². The molecule has 6 heteroatoms. The van der Waals surface area contributed by atoms with Crippen molar-refractivity contribution in [1.29, 1.82) is 5.26 Å². The van der Waals surface area contributed by atoms with Crippen molar-refractivity contribution in [2.24, 2.45) is 0 Å². The van der Waals surface area contributed by atoms with E-state index in [4.69, 9.17) is 5.11 Å². The van der Waals surface area contributed by atoms with E-state index >= 15 is 0 Å². The second-order valence-corrected chi connectivity index (χ2v) is 5.53. The molecule has 0 bridgehead atoms. The summed E-state index contributed by atoms with van der Waals surface area (Å²) >= 11 is 0. The Morgan fingerprint density at radius 1 is 1.04 bits per heavy atom. The summed E-state index contributed by atoms with van der Waals surface area (Å²) in [5.41, 5.74) is 3.34. The molecule has 0 atom stereocenters. The molecule has 0 aliphatic heterocycles. The highest BCUT2D eigenvalue weighted by atomic mass is 16.4. The first-order valence-corrected chi connectivity index (χ1v) is 7.49. The van der Waals surface area contributed by atoms with E-state index in [-0.39, 0.29) is 11.1 Å². The maximum Gasteiger partial charge on any atom is 0.335 e. The Balaban J connectivity index is 2.09.